The lowest BCUT2D eigenvalue weighted by Crippen LogP contribution is -2.38. The summed E-state index contributed by atoms with van der Waals surface area (Å²) >= 11 is 0. The van der Waals surface area contributed by atoms with Crippen LogP contribution in [0.15, 0.2) is 12.3 Å². The molecule has 0 aliphatic carbocycles. The third kappa shape index (κ3) is 3.92. The van der Waals surface area contributed by atoms with Gasteiger partial charge in [0.05, 0.1) is 6.20 Å². The predicted molar refractivity (Wildman–Crippen MR) is 81.4 cm³/mol. The Labute approximate surface area is 121 Å². The molecule has 1 N–H and O–H groups in total. The molecule has 1 aliphatic rings. The number of nitrogens with zero attached hydrogens (tertiary/aromatic N) is 2. The van der Waals surface area contributed by atoms with Crippen molar-refractivity contribution in [1.82, 2.24) is 10.3 Å². The number of anilines is 1. The van der Waals surface area contributed by atoms with Gasteiger partial charge in [0.15, 0.2) is 0 Å². The van der Waals surface area contributed by atoms with Gasteiger partial charge in [-0.25, -0.2) is 9.37 Å². The fourth-order valence-corrected chi connectivity index (χ4v) is 2.53. The van der Waals surface area contributed by atoms with Gasteiger partial charge in [-0.15, -0.1) is 0 Å². The molecule has 1 aromatic heterocycles. The number of halogens is 1. The van der Waals surface area contributed by atoms with E-state index in [0.29, 0.717) is 18.0 Å². The number of pyridine rings is 1. The zero-order valence-electron chi connectivity index (χ0n) is 13.0. The third-order valence-corrected chi connectivity index (χ3v) is 4.03. The normalized spacial score (nSPS) is 18.6. The van der Waals surface area contributed by atoms with Gasteiger partial charge in [-0.3, -0.25) is 0 Å². The monoisotopic (exact) mass is 279 g/mol. The minimum atomic E-state index is -0.258. The maximum atomic E-state index is 13.5. The van der Waals surface area contributed by atoms with E-state index in [4.69, 9.17) is 0 Å². The molecule has 0 atom stereocenters. The summed E-state index contributed by atoms with van der Waals surface area (Å²) in [4.78, 5) is 6.63. The Kier molecular flexibility index (Phi) is 4.63. The van der Waals surface area contributed by atoms with E-state index in [0.717, 1.165) is 37.3 Å². The molecule has 0 aromatic carbocycles. The van der Waals surface area contributed by atoms with Crippen LogP contribution in [0.2, 0.25) is 0 Å². The molecule has 0 spiro atoms. The van der Waals surface area contributed by atoms with Crippen LogP contribution in [0.1, 0.15) is 46.1 Å². The lowest BCUT2D eigenvalue weighted by atomic mass is 9.82. The van der Waals surface area contributed by atoms with Crippen LogP contribution in [-0.4, -0.2) is 24.1 Å². The third-order valence-electron chi connectivity index (χ3n) is 4.03. The van der Waals surface area contributed by atoms with Gasteiger partial charge in [-0.2, -0.15) is 0 Å². The molecule has 0 amide bonds. The number of hydrogen-bond acceptors (Lipinski definition) is 3. The van der Waals surface area contributed by atoms with E-state index in [1.807, 2.05) is 0 Å². The van der Waals surface area contributed by atoms with Crippen LogP contribution in [0.25, 0.3) is 0 Å². The van der Waals surface area contributed by atoms with Crippen LogP contribution >= 0.6 is 0 Å². The van der Waals surface area contributed by atoms with Crippen LogP contribution < -0.4 is 10.2 Å². The minimum absolute atomic E-state index is 0.258. The Balaban J connectivity index is 2.14. The number of rotatable bonds is 4. The molecule has 3 nitrogen and oxygen atoms in total. The molecule has 0 radical (unpaired) electrons. The van der Waals surface area contributed by atoms with E-state index in [-0.39, 0.29) is 5.82 Å². The van der Waals surface area contributed by atoms with Gasteiger partial charge in [0.25, 0.3) is 0 Å². The first kappa shape index (κ1) is 15.2. The molecule has 1 aliphatic heterocycles. The summed E-state index contributed by atoms with van der Waals surface area (Å²) in [6, 6.07) is 1.99. The van der Waals surface area contributed by atoms with Gasteiger partial charge >= 0.3 is 0 Å². The fourth-order valence-electron chi connectivity index (χ4n) is 2.53. The summed E-state index contributed by atoms with van der Waals surface area (Å²) in [5.41, 5.74) is 1.37. The first-order valence-corrected chi connectivity index (χ1v) is 7.50. The van der Waals surface area contributed by atoms with E-state index in [1.54, 1.807) is 6.07 Å². The molecule has 20 heavy (non-hydrogen) atoms. The van der Waals surface area contributed by atoms with E-state index in [9.17, 15) is 4.39 Å². The molecule has 2 heterocycles. The maximum Gasteiger partial charge on any atom is 0.141 e. The highest BCUT2D eigenvalue weighted by atomic mass is 19.1. The van der Waals surface area contributed by atoms with E-state index >= 15 is 0 Å². The van der Waals surface area contributed by atoms with E-state index < -0.39 is 0 Å². The SMILES string of the molecule is CC(C)NCc1cc(F)cnc1N1CCC(C)(C)CC1. The molecule has 0 saturated carbocycles. The highest BCUT2D eigenvalue weighted by molar-refractivity contribution is 5.47. The average molecular weight is 279 g/mol. The average Bonchev–Trinajstić information content (AvgIpc) is 2.37. The Morgan fingerprint density at radius 1 is 1.35 bits per heavy atom. The van der Waals surface area contributed by atoms with Crippen molar-refractivity contribution in [2.24, 2.45) is 5.41 Å². The summed E-state index contributed by atoms with van der Waals surface area (Å²) in [6.07, 6.45) is 3.64. The molecule has 0 bridgehead atoms. The van der Waals surface area contributed by atoms with Crippen molar-refractivity contribution in [1.29, 1.82) is 0 Å². The van der Waals surface area contributed by atoms with Crippen LogP contribution in [0, 0.1) is 11.2 Å². The van der Waals surface area contributed by atoms with Crippen molar-refractivity contribution in [3.8, 4) is 0 Å². The molecule has 1 fully saturated rings. The van der Waals surface area contributed by atoms with Crippen molar-refractivity contribution in [3.05, 3.63) is 23.6 Å². The topological polar surface area (TPSA) is 28.2 Å². The number of hydrogen-bond donors (Lipinski definition) is 1. The molecule has 1 aromatic rings. The molecular weight excluding hydrogens is 253 g/mol. The lowest BCUT2D eigenvalue weighted by Gasteiger charge is -2.38. The van der Waals surface area contributed by atoms with Gasteiger partial charge in [-0.1, -0.05) is 27.7 Å². The van der Waals surface area contributed by atoms with Gasteiger partial charge in [0.2, 0.25) is 0 Å². The van der Waals surface area contributed by atoms with E-state index in [2.05, 4.69) is 42.9 Å². The van der Waals surface area contributed by atoms with Crippen LogP contribution in [0.5, 0.6) is 0 Å². The highest BCUT2D eigenvalue weighted by Gasteiger charge is 2.27. The molecule has 1 saturated heterocycles. The zero-order valence-corrected chi connectivity index (χ0v) is 13.0. The molecule has 4 heteroatoms. The largest absolute Gasteiger partial charge is 0.356 e. The maximum absolute atomic E-state index is 13.5. The first-order chi connectivity index (χ1) is 9.37. The molecule has 112 valence electrons. The van der Waals surface area contributed by atoms with Gasteiger partial charge in [0, 0.05) is 31.2 Å². The Morgan fingerprint density at radius 3 is 2.60 bits per heavy atom. The summed E-state index contributed by atoms with van der Waals surface area (Å²) in [6.45, 7) is 11.5. The Bertz CT molecular complexity index is 447. The number of piperidine rings is 1. The second-order valence-corrected chi connectivity index (χ2v) is 6.82. The second kappa shape index (κ2) is 6.08. The minimum Gasteiger partial charge on any atom is -0.356 e. The quantitative estimate of drug-likeness (QED) is 0.916. The second-order valence-electron chi connectivity index (χ2n) is 6.82. The molecule has 2 rings (SSSR count). The van der Waals surface area contributed by atoms with Gasteiger partial charge < -0.3 is 10.2 Å². The number of nitrogens with one attached hydrogen (secondary N) is 1. The summed E-state index contributed by atoms with van der Waals surface area (Å²) in [5, 5.41) is 3.35. The smallest absolute Gasteiger partial charge is 0.141 e. The zero-order chi connectivity index (χ0) is 14.8. The Hall–Kier alpha value is -1.16. The van der Waals surface area contributed by atoms with Gasteiger partial charge in [-0.05, 0) is 24.3 Å². The van der Waals surface area contributed by atoms with Crippen molar-refractivity contribution in [2.45, 2.75) is 53.1 Å². The Morgan fingerprint density at radius 2 is 2.00 bits per heavy atom. The standard InChI is InChI=1S/C16H26FN3/c1-12(2)18-10-13-9-14(17)11-19-15(13)20-7-5-16(3,4)6-8-20/h9,11-12,18H,5-8,10H2,1-4H3. The van der Waals surface area contributed by atoms with Crippen molar-refractivity contribution in [3.63, 3.8) is 0 Å². The molecule has 0 unspecified atom stereocenters. The van der Waals surface area contributed by atoms with Crippen molar-refractivity contribution >= 4 is 5.82 Å². The van der Waals surface area contributed by atoms with Gasteiger partial charge in [0.1, 0.15) is 11.6 Å². The van der Waals surface area contributed by atoms with E-state index in [1.165, 1.54) is 6.20 Å². The van der Waals surface area contributed by atoms with Crippen LogP contribution in [-0.2, 0) is 6.54 Å². The summed E-state index contributed by atoms with van der Waals surface area (Å²) in [7, 11) is 0. The molecular formula is C16H26FN3. The summed E-state index contributed by atoms with van der Waals surface area (Å²) in [5.74, 6) is 0.682. The van der Waals surface area contributed by atoms with Crippen LogP contribution in [0.4, 0.5) is 10.2 Å². The predicted octanol–water partition coefficient (Wildman–Crippen LogP) is 3.35. The summed E-state index contributed by atoms with van der Waals surface area (Å²) < 4.78 is 13.5. The fraction of sp³-hybridized carbons (Fsp3) is 0.688. The van der Waals surface area contributed by atoms with Crippen LogP contribution in [0.3, 0.4) is 0 Å². The first-order valence-electron chi connectivity index (χ1n) is 7.50. The highest BCUT2D eigenvalue weighted by Crippen LogP contribution is 2.32. The lowest BCUT2D eigenvalue weighted by molar-refractivity contribution is 0.279. The number of aromatic nitrogens is 1. The van der Waals surface area contributed by atoms with Crippen molar-refractivity contribution < 1.29 is 4.39 Å². The van der Waals surface area contributed by atoms with Crippen molar-refractivity contribution in [2.75, 3.05) is 18.0 Å².